The lowest BCUT2D eigenvalue weighted by atomic mass is 10.1. The Morgan fingerprint density at radius 2 is 2.06 bits per heavy atom. The highest BCUT2D eigenvalue weighted by Crippen LogP contribution is 2.22. The first-order chi connectivity index (χ1) is 7.58. The van der Waals surface area contributed by atoms with E-state index >= 15 is 0 Å². The second kappa shape index (κ2) is 3.73. The van der Waals surface area contributed by atoms with Crippen molar-refractivity contribution in [1.82, 2.24) is 5.16 Å². The largest absolute Gasteiger partial charge is 0.363 e. The maximum absolute atomic E-state index is 13.3. The average molecular weight is 224 g/mol. The van der Waals surface area contributed by atoms with Gasteiger partial charge in [-0.25, -0.2) is 8.78 Å². The predicted octanol–water partition coefficient (Wildman–Crippen LogP) is 1.72. The summed E-state index contributed by atoms with van der Waals surface area (Å²) in [6, 6.07) is 4.19. The zero-order valence-corrected chi connectivity index (χ0v) is 7.91. The van der Waals surface area contributed by atoms with Gasteiger partial charge in [-0.15, -0.1) is 0 Å². The summed E-state index contributed by atoms with van der Waals surface area (Å²) in [5.41, 5.74) is 5.07. The maximum atomic E-state index is 13.3. The highest BCUT2D eigenvalue weighted by atomic mass is 19.1. The number of benzene rings is 1. The van der Waals surface area contributed by atoms with Gasteiger partial charge < -0.3 is 10.3 Å². The molecule has 16 heavy (non-hydrogen) atoms. The van der Waals surface area contributed by atoms with Crippen LogP contribution in [-0.4, -0.2) is 11.1 Å². The molecule has 1 heterocycles. The first-order valence-corrected chi connectivity index (χ1v) is 4.30. The van der Waals surface area contributed by atoms with Gasteiger partial charge in [0.25, 0.3) is 5.91 Å². The van der Waals surface area contributed by atoms with Crippen LogP contribution in [0.25, 0.3) is 11.3 Å². The van der Waals surface area contributed by atoms with Gasteiger partial charge in [0, 0.05) is 17.7 Å². The van der Waals surface area contributed by atoms with E-state index in [1.54, 1.807) is 0 Å². The molecule has 82 valence electrons. The highest BCUT2D eigenvalue weighted by Gasteiger charge is 2.14. The number of amides is 1. The van der Waals surface area contributed by atoms with E-state index in [-0.39, 0.29) is 17.0 Å². The third-order valence-electron chi connectivity index (χ3n) is 1.96. The van der Waals surface area contributed by atoms with Crippen molar-refractivity contribution >= 4 is 5.91 Å². The predicted molar refractivity (Wildman–Crippen MR) is 50.4 cm³/mol. The summed E-state index contributed by atoms with van der Waals surface area (Å²) in [7, 11) is 0. The fourth-order valence-corrected chi connectivity index (χ4v) is 1.22. The first kappa shape index (κ1) is 10.3. The Balaban J connectivity index is 2.46. The van der Waals surface area contributed by atoms with E-state index in [0.29, 0.717) is 6.07 Å². The number of halogens is 2. The number of nitrogens with zero attached hydrogens (tertiary/aromatic N) is 1. The van der Waals surface area contributed by atoms with Crippen LogP contribution in [0.5, 0.6) is 0 Å². The van der Waals surface area contributed by atoms with Crippen LogP contribution in [0, 0.1) is 11.6 Å². The number of nitrogens with two attached hydrogens (primary N) is 1. The number of hydrogen-bond acceptors (Lipinski definition) is 3. The lowest BCUT2D eigenvalue weighted by molar-refractivity contribution is 0.0965. The molecule has 1 aromatic carbocycles. The van der Waals surface area contributed by atoms with E-state index in [0.717, 1.165) is 6.07 Å². The highest BCUT2D eigenvalue weighted by molar-refractivity contribution is 5.90. The number of primary amides is 1. The minimum Gasteiger partial charge on any atom is -0.363 e. The molecule has 0 aliphatic heterocycles. The summed E-state index contributed by atoms with van der Waals surface area (Å²) >= 11 is 0. The molecule has 0 saturated heterocycles. The van der Waals surface area contributed by atoms with Crippen molar-refractivity contribution in [3.05, 3.63) is 41.7 Å². The Morgan fingerprint density at radius 3 is 2.62 bits per heavy atom. The number of carbonyl (C=O) groups is 1. The summed E-state index contributed by atoms with van der Waals surface area (Å²) in [5.74, 6) is -2.47. The molecule has 6 heteroatoms. The molecule has 0 bridgehead atoms. The standard InChI is InChI=1S/C10H6F2N2O2/c11-5-1-2-6(7(12)3-5)8-4-9(10(13)15)16-14-8/h1-4H,(H2,13,15). The molecule has 2 rings (SSSR count). The van der Waals surface area contributed by atoms with Crippen LogP contribution in [0.15, 0.2) is 28.8 Å². The van der Waals surface area contributed by atoms with Gasteiger partial charge in [-0.1, -0.05) is 5.16 Å². The monoisotopic (exact) mass is 224 g/mol. The molecule has 0 atom stereocenters. The van der Waals surface area contributed by atoms with Gasteiger partial charge in [0.1, 0.15) is 17.3 Å². The first-order valence-electron chi connectivity index (χ1n) is 4.30. The van der Waals surface area contributed by atoms with Crippen LogP contribution in [0.4, 0.5) is 8.78 Å². The molecule has 0 spiro atoms. The lowest BCUT2D eigenvalue weighted by Crippen LogP contribution is -2.09. The molecular weight excluding hydrogens is 218 g/mol. The van der Waals surface area contributed by atoms with Crippen molar-refractivity contribution in [2.24, 2.45) is 5.73 Å². The topological polar surface area (TPSA) is 69.1 Å². The van der Waals surface area contributed by atoms with Gasteiger partial charge in [-0.3, -0.25) is 4.79 Å². The van der Waals surface area contributed by atoms with Gasteiger partial charge in [-0.05, 0) is 12.1 Å². The van der Waals surface area contributed by atoms with Crippen molar-refractivity contribution < 1.29 is 18.1 Å². The van der Waals surface area contributed by atoms with Crippen LogP contribution < -0.4 is 5.73 Å². The van der Waals surface area contributed by atoms with E-state index in [1.807, 2.05) is 0 Å². The molecule has 0 unspecified atom stereocenters. The Morgan fingerprint density at radius 1 is 1.31 bits per heavy atom. The van der Waals surface area contributed by atoms with E-state index in [2.05, 4.69) is 9.68 Å². The summed E-state index contributed by atoms with van der Waals surface area (Å²) in [4.78, 5) is 10.7. The summed E-state index contributed by atoms with van der Waals surface area (Å²) < 4.78 is 30.5. The Kier molecular flexibility index (Phi) is 2.40. The number of rotatable bonds is 2. The van der Waals surface area contributed by atoms with Crippen LogP contribution >= 0.6 is 0 Å². The second-order valence-corrected chi connectivity index (χ2v) is 3.06. The number of carbonyl (C=O) groups excluding carboxylic acids is 1. The van der Waals surface area contributed by atoms with Crippen molar-refractivity contribution in [3.63, 3.8) is 0 Å². The maximum Gasteiger partial charge on any atom is 0.287 e. The van der Waals surface area contributed by atoms with Crippen LogP contribution in [0.1, 0.15) is 10.6 Å². The van der Waals surface area contributed by atoms with E-state index in [4.69, 9.17) is 5.73 Å². The molecule has 0 aliphatic rings. The van der Waals surface area contributed by atoms with Crippen molar-refractivity contribution in [1.29, 1.82) is 0 Å². The molecule has 0 radical (unpaired) electrons. The molecule has 0 aliphatic carbocycles. The molecule has 4 nitrogen and oxygen atoms in total. The quantitative estimate of drug-likeness (QED) is 0.844. The second-order valence-electron chi connectivity index (χ2n) is 3.06. The SMILES string of the molecule is NC(=O)c1cc(-c2ccc(F)cc2F)no1. The molecule has 2 aromatic rings. The number of hydrogen-bond donors (Lipinski definition) is 1. The Hall–Kier alpha value is -2.24. The molecule has 0 saturated carbocycles. The van der Waals surface area contributed by atoms with Gasteiger partial charge in [0.15, 0.2) is 0 Å². The van der Waals surface area contributed by atoms with E-state index < -0.39 is 17.5 Å². The minimum atomic E-state index is -0.804. The molecular formula is C10H6F2N2O2. The fourth-order valence-electron chi connectivity index (χ4n) is 1.22. The van der Waals surface area contributed by atoms with Crippen LogP contribution in [0.3, 0.4) is 0 Å². The minimum absolute atomic E-state index is 0.0395. The molecule has 1 aromatic heterocycles. The van der Waals surface area contributed by atoms with Gasteiger partial charge >= 0.3 is 0 Å². The molecule has 0 fully saturated rings. The normalized spacial score (nSPS) is 10.4. The molecule has 2 N–H and O–H groups in total. The zero-order valence-electron chi connectivity index (χ0n) is 7.91. The van der Waals surface area contributed by atoms with Crippen LogP contribution in [0.2, 0.25) is 0 Å². The Labute approximate surface area is 88.7 Å². The summed E-state index contributed by atoms with van der Waals surface area (Å²) in [6.45, 7) is 0. The smallest absolute Gasteiger partial charge is 0.287 e. The fraction of sp³-hybridized carbons (Fsp3) is 0. The van der Waals surface area contributed by atoms with Gasteiger partial charge in [-0.2, -0.15) is 0 Å². The van der Waals surface area contributed by atoms with Crippen molar-refractivity contribution in [2.45, 2.75) is 0 Å². The lowest BCUT2D eigenvalue weighted by Gasteiger charge is -1.97. The van der Waals surface area contributed by atoms with E-state index in [9.17, 15) is 13.6 Å². The van der Waals surface area contributed by atoms with Crippen molar-refractivity contribution in [2.75, 3.05) is 0 Å². The van der Waals surface area contributed by atoms with Gasteiger partial charge in [0.05, 0.1) is 0 Å². The Bertz CT molecular complexity index is 552. The van der Waals surface area contributed by atoms with Crippen molar-refractivity contribution in [3.8, 4) is 11.3 Å². The van der Waals surface area contributed by atoms with E-state index in [1.165, 1.54) is 12.1 Å². The third kappa shape index (κ3) is 1.77. The molecule has 1 amide bonds. The van der Waals surface area contributed by atoms with Crippen LogP contribution in [-0.2, 0) is 0 Å². The zero-order chi connectivity index (χ0) is 11.7. The summed E-state index contributed by atoms with van der Waals surface area (Å²) in [6.07, 6.45) is 0. The number of aromatic nitrogens is 1. The third-order valence-corrected chi connectivity index (χ3v) is 1.96. The summed E-state index contributed by atoms with van der Waals surface area (Å²) in [5, 5.41) is 3.46. The average Bonchev–Trinajstić information content (AvgIpc) is 2.66. The van der Waals surface area contributed by atoms with Gasteiger partial charge in [0.2, 0.25) is 5.76 Å².